The number of hydrogen-bond acceptors (Lipinski definition) is 4. The third-order valence-electron chi connectivity index (χ3n) is 4.62. The molecular formula is C21H27FN2O3. The van der Waals surface area contributed by atoms with Gasteiger partial charge in [0.25, 0.3) is 0 Å². The molecule has 2 rings (SSSR count). The lowest BCUT2D eigenvalue weighted by Crippen LogP contribution is -2.38. The third kappa shape index (κ3) is 6.57. The molecule has 4 N–H and O–H groups in total. The molecule has 6 heteroatoms. The average Bonchev–Trinajstić information content (AvgIpc) is 2.64. The van der Waals surface area contributed by atoms with E-state index in [1.54, 1.807) is 24.3 Å². The molecule has 0 saturated carbocycles. The van der Waals surface area contributed by atoms with E-state index in [1.807, 2.05) is 13.0 Å². The summed E-state index contributed by atoms with van der Waals surface area (Å²) in [5.74, 6) is -0.452. The van der Waals surface area contributed by atoms with Crippen LogP contribution in [0.5, 0.6) is 11.5 Å². The van der Waals surface area contributed by atoms with E-state index < -0.39 is 0 Å². The van der Waals surface area contributed by atoms with Crippen LogP contribution in [0.4, 0.5) is 4.39 Å². The van der Waals surface area contributed by atoms with E-state index in [4.69, 9.17) is 10.5 Å². The van der Waals surface area contributed by atoms with Crippen molar-refractivity contribution in [1.29, 1.82) is 0 Å². The van der Waals surface area contributed by atoms with Crippen LogP contribution in [-0.2, 0) is 17.6 Å². The number of aryl methyl sites for hydroxylation is 1. The molecule has 0 radical (unpaired) electrons. The molecule has 0 unspecified atom stereocenters. The maximum Gasteiger partial charge on any atom is 0.222 e. The zero-order valence-corrected chi connectivity index (χ0v) is 15.7. The molecule has 0 heterocycles. The van der Waals surface area contributed by atoms with Crippen molar-refractivity contribution in [3.63, 3.8) is 0 Å². The number of nitrogens with two attached hydrogens (primary N) is 1. The molecule has 0 aromatic heterocycles. The monoisotopic (exact) mass is 374 g/mol. The Morgan fingerprint density at radius 1 is 1.22 bits per heavy atom. The van der Waals surface area contributed by atoms with Crippen molar-refractivity contribution in [1.82, 2.24) is 5.32 Å². The second-order valence-corrected chi connectivity index (χ2v) is 6.78. The van der Waals surface area contributed by atoms with Crippen LogP contribution in [0.25, 0.3) is 0 Å². The van der Waals surface area contributed by atoms with Crippen LogP contribution in [0.2, 0.25) is 0 Å². The molecule has 2 aromatic rings. The highest BCUT2D eigenvalue weighted by Crippen LogP contribution is 2.26. The molecular weight excluding hydrogens is 347 g/mol. The van der Waals surface area contributed by atoms with Gasteiger partial charge in [-0.3, -0.25) is 4.79 Å². The molecule has 27 heavy (non-hydrogen) atoms. The number of methoxy groups -OCH3 is 1. The first-order valence-electron chi connectivity index (χ1n) is 9.02. The Kier molecular flexibility index (Phi) is 7.61. The highest BCUT2D eigenvalue weighted by Gasteiger charge is 2.17. The van der Waals surface area contributed by atoms with Crippen LogP contribution in [0.3, 0.4) is 0 Å². The molecule has 0 spiro atoms. The van der Waals surface area contributed by atoms with Gasteiger partial charge < -0.3 is 20.9 Å². The fourth-order valence-corrected chi connectivity index (χ4v) is 2.90. The summed E-state index contributed by atoms with van der Waals surface area (Å²) < 4.78 is 18.0. The van der Waals surface area contributed by atoms with Crippen LogP contribution in [-0.4, -0.2) is 30.7 Å². The predicted molar refractivity (Wildman–Crippen MR) is 103 cm³/mol. The highest BCUT2D eigenvalue weighted by molar-refractivity contribution is 5.77. The Morgan fingerprint density at radius 3 is 2.48 bits per heavy atom. The predicted octanol–water partition coefficient (Wildman–Crippen LogP) is 2.79. The molecule has 0 bridgehead atoms. The van der Waals surface area contributed by atoms with Crippen molar-refractivity contribution >= 4 is 5.91 Å². The van der Waals surface area contributed by atoms with Crippen LogP contribution >= 0.6 is 0 Å². The number of aromatic hydroxyl groups is 1. The Bertz CT molecular complexity index is 750. The molecule has 0 aliphatic heterocycles. The molecule has 0 aliphatic rings. The van der Waals surface area contributed by atoms with Crippen LogP contribution in [0, 0.1) is 11.7 Å². The molecule has 0 fully saturated rings. The van der Waals surface area contributed by atoms with Crippen LogP contribution in [0.1, 0.15) is 24.5 Å². The largest absolute Gasteiger partial charge is 0.504 e. The minimum Gasteiger partial charge on any atom is -0.504 e. The number of ether oxygens (including phenoxy) is 1. The molecule has 146 valence electrons. The van der Waals surface area contributed by atoms with Gasteiger partial charge in [0.05, 0.1) is 13.0 Å². The minimum atomic E-state index is -0.376. The molecule has 0 saturated heterocycles. The van der Waals surface area contributed by atoms with E-state index in [0.29, 0.717) is 18.7 Å². The lowest BCUT2D eigenvalue weighted by molar-refractivity contribution is -0.121. The number of hydrogen-bond donors (Lipinski definition) is 3. The maximum atomic E-state index is 13.0. The second kappa shape index (κ2) is 9.92. The van der Waals surface area contributed by atoms with Crippen molar-refractivity contribution < 1.29 is 19.0 Å². The fourth-order valence-electron chi connectivity index (χ4n) is 2.90. The summed E-state index contributed by atoms with van der Waals surface area (Å²) in [6, 6.07) is 11.6. The quantitative estimate of drug-likeness (QED) is 0.597. The zero-order chi connectivity index (χ0) is 19.8. The van der Waals surface area contributed by atoms with Crippen LogP contribution < -0.4 is 15.8 Å². The number of benzene rings is 2. The smallest absolute Gasteiger partial charge is 0.222 e. The van der Waals surface area contributed by atoms with Gasteiger partial charge in [0, 0.05) is 12.6 Å². The van der Waals surface area contributed by atoms with E-state index in [1.165, 1.54) is 19.2 Å². The van der Waals surface area contributed by atoms with Crippen molar-refractivity contribution in [2.75, 3.05) is 13.7 Å². The SMILES string of the molecule is COc1ccc(CC[C@@H](C)NC[C@@H](Cc2ccc(F)cc2)C(N)=O)cc1O. The highest BCUT2D eigenvalue weighted by atomic mass is 19.1. The summed E-state index contributed by atoms with van der Waals surface area (Å²) in [5.41, 5.74) is 7.41. The van der Waals surface area contributed by atoms with E-state index in [0.717, 1.165) is 24.0 Å². The van der Waals surface area contributed by atoms with E-state index in [9.17, 15) is 14.3 Å². The summed E-state index contributed by atoms with van der Waals surface area (Å²) in [6.45, 7) is 2.50. The van der Waals surface area contributed by atoms with Crippen molar-refractivity contribution in [2.24, 2.45) is 11.7 Å². The lowest BCUT2D eigenvalue weighted by atomic mass is 9.98. The summed E-state index contributed by atoms with van der Waals surface area (Å²) in [7, 11) is 1.52. The Balaban J connectivity index is 1.82. The molecule has 1 amide bonds. The van der Waals surface area contributed by atoms with E-state index in [-0.39, 0.29) is 29.4 Å². The topological polar surface area (TPSA) is 84.6 Å². The standard InChI is InChI=1S/C21H27FN2O3/c1-14(3-4-16-7-10-20(27-2)19(25)12-16)24-13-17(21(23)26)11-15-5-8-18(22)9-6-15/h5-10,12,14,17,24-25H,3-4,11,13H2,1-2H3,(H2,23,26)/t14-,17-/m1/s1. The molecule has 0 aliphatic carbocycles. The van der Waals surface area contributed by atoms with Gasteiger partial charge in [0.15, 0.2) is 11.5 Å². The number of phenols is 1. The minimum absolute atomic E-state index is 0.128. The summed E-state index contributed by atoms with van der Waals surface area (Å²) in [5, 5.41) is 13.2. The molecule has 5 nitrogen and oxygen atoms in total. The van der Waals surface area contributed by atoms with Crippen molar-refractivity contribution in [3.8, 4) is 11.5 Å². The van der Waals surface area contributed by atoms with Gasteiger partial charge in [-0.05, 0) is 61.6 Å². The Morgan fingerprint density at radius 2 is 1.89 bits per heavy atom. The first kappa shape index (κ1) is 20.7. The number of rotatable bonds is 10. The third-order valence-corrected chi connectivity index (χ3v) is 4.62. The summed E-state index contributed by atoms with van der Waals surface area (Å²) in [6.07, 6.45) is 2.10. The zero-order valence-electron chi connectivity index (χ0n) is 15.7. The van der Waals surface area contributed by atoms with Gasteiger partial charge in [-0.25, -0.2) is 4.39 Å². The van der Waals surface area contributed by atoms with Crippen molar-refractivity contribution in [3.05, 3.63) is 59.4 Å². The number of halogens is 1. The Hall–Kier alpha value is -2.60. The normalized spacial score (nSPS) is 13.1. The number of nitrogens with one attached hydrogen (secondary N) is 1. The lowest BCUT2D eigenvalue weighted by Gasteiger charge is -2.19. The Labute approximate surface area is 159 Å². The maximum absolute atomic E-state index is 13.0. The number of carbonyl (C=O) groups excluding carboxylic acids is 1. The van der Waals surface area contributed by atoms with Crippen molar-refractivity contribution in [2.45, 2.75) is 32.2 Å². The van der Waals surface area contributed by atoms with Gasteiger partial charge >= 0.3 is 0 Å². The van der Waals surface area contributed by atoms with Gasteiger partial charge in [-0.15, -0.1) is 0 Å². The average molecular weight is 374 g/mol. The summed E-state index contributed by atoms with van der Waals surface area (Å²) in [4.78, 5) is 11.7. The first-order chi connectivity index (χ1) is 12.9. The fraction of sp³-hybridized carbons (Fsp3) is 0.381. The van der Waals surface area contributed by atoms with E-state index >= 15 is 0 Å². The van der Waals surface area contributed by atoms with Gasteiger partial charge in [0.2, 0.25) is 5.91 Å². The van der Waals surface area contributed by atoms with Gasteiger partial charge in [0.1, 0.15) is 5.82 Å². The summed E-state index contributed by atoms with van der Waals surface area (Å²) >= 11 is 0. The van der Waals surface area contributed by atoms with E-state index in [2.05, 4.69) is 5.32 Å². The van der Waals surface area contributed by atoms with Gasteiger partial charge in [-0.2, -0.15) is 0 Å². The molecule has 2 atom stereocenters. The van der Waals surface area contributed by atoms with Crippen LogP contribution in [0.15, 0.2) is 42.5 Å². The molecule has 2 aromatic carbocycles. The first-order valence-corrected chi connectivity index (χ1v) is 9.02. The number of phenolic OH excluding ortho intramolecular Hbond substituents is 1. The van der Waals surface area contributed by atoms with Gasteiger partial charge in [-0.1, -0.05) is 18.2 Å². The number of carbonyl (C=O) groups is 1. The number of amides is 1. The second-order valence-electron chi connectivity index (χ2n) is 6.78. The number of primary amides is 1.